The van der Waals surface area contributed by atoms with Gasteiger partial charge in [-0.05, 0) is 37.0 Å². The molecule has 1 rings (SSSR count). The summed E-state index contributed by atoms with van der Waals surface area (Å²) in [7, 11) is -3.46. The zero-order valence-electron chi connectivity index (χ0n) is 19.0. The molecule has 2 unspecified atom stereocenters. The van der Waals surface area contributed by atoms with E-state index in [4.69, 9.17) is 5.73 Å². The lowest BCUT2D eigenvalue weighted by molar-refractivity contribution is -0.131. The zero-order chi connectivity index (χ0) is 22.9. The Bertz CT molecular complexity index is 593. The third-order valence-electron chi connectivity index (χ3n) is 5.59. The van der Waals surface area contributed by atoms with E-state index in [-0.39, 0.29) is 42.5 Å². The third kappa shape index (κ3) is 10.4. The summed E-state index contributed by atoms with van der Waals surface area (Å²) < 4.78 is 12.5. The summed E-state index contributed by atoms with van der Waals surface area (Å²) in [5.74, 6) is -0.491. The van der Waals surface area contributed by atoms with Crippen molar-refractivity contribution in [2.24, 2.45) is 23.5 Å². The number of nitrogens with two attached hydrogens (primary N) is 1. The van der Waals surface area contributed by atoms with Gasteiger partial charge in [0.2, 0.25) is 19.2 Å². The molecular formula is C21H42N3O5P. The monoisotopic (exact) mass is 447 g/mol. The van der Waals surface area contributed by atoms with Crippen molar-refractivity contribution in [1.29, 1.82) is 0 Å². The van der Waals surface area contributed by atoms with Crippen LogP contribution in [0.4, 0.5) is 0 Å². The van der Waals surface area contributed by atoms with Crippen LogP contribution in [0.15, 0.2) is 0 Å². The van der Waals surface area contributed by atoms with E-state index in [0.29, 0.717) is 6.42 Å². The van der Waals surface area contributed by atoms with Gasteiger partial charge in [-0.3, -0.25) is 14.2 Å². The summed E-state index contributed by atoms with van der Waals surface area (Å²) >= 11 is 0. The number of hydrogen-bond acceptors (Lipinski definition) is 5. The fraction of sp³-hybridized carbons (Fsp3) is 0.905. The van der Waals surface area contributed by atoms with Gasteiger partial charge in [-0.15, -0.1) is 0 Å². The summed E-state index contributed by atoms with van der Waals surface area (Å²) in [5.41, 5.74) is 5.89. The van der Waals surface area contributed by atoms with Crippen molar-refractivity contribution < 1.29 is 24.2 Å². The van der Waals surface area contributed by atoms with Gasteiger partial charge in [-0.2, -0.15) is 0 Å². The number of carbonyl (C=O) groups is 2. The second-order valence-electron chi connectivity index (χ2n) is 9.58. The average Bonchev–Trinajstić information content (AvgIpc) is 2.63. The minimum Gasteiger partial charge on any atom is -0.391 e. The Balaban J connectivity index is 2.51. The smallest absolute Gasteiger partial charge is 0.242 e. The first kappa shape index (κ1) is 27.1. The molecule has 0 aromatic rings. The summed E-state index contributed by atoms with van der Waals surface area (Å²) in [4.78, 5) is 35.1. The quantitative estimate of drug-likeness (QED) is 0.289. The molecule has 9 heteroatoms. The van der Waals surface area contributed by atoms with Gasteiger partial charge in [0, 0.05) is 12.7 Å². The SMILES string of the molecule is CC(C)CC(N)C(=O)N[C@H](C(=O)NC[C@@H](O)CP(=O)(O)CC1CCCCC1)C(C)C. The Hall–Kier alpha value is -0.950. The molecule has 0 aromatic heterocycles. The summed E-state index contributed by atoms with van der Waals surface area (Å²) in [6.07, 6.45) is 4.69. The van der Waals surface area contributed by atoms with Crippen LogP contribution in [-0.4, -0.2) is 58.9 Å². The van der Waals surface area contributed by atoms with E-state index in [1.165, 1.54) is 6.42 Å². The molecule has 0 aromatic carbocycles. The predicted octanol–water partition coefficient (Wildman–Crippen LogP) is 1.83. The molecule has 176 valence electrons. The second-order valence-corrected chi connectivity index (χ2v) is 12.0. The molecule has 4 atom stereocenters. The molecule has 0 radical (unpaired) electrons. The minimum atomic E-state index is -3.46. The molecule has 0 saturated heterocycles. The summed E-state index contributed by atoms with van der Waals surface area (Å²) in [5, 5.41) is 15.5. The lowest BCUT2D eigenvalue weighted by Gasteiger charge is -2.26. The topological polar surface area (TPSA) is 142 Å². The maximum atomic E-state index is 12.5. The zero-order valence-corrected chi connectivity index (χ0v) is 19.9. The Morgan fingerprint density at radius 2 is 1.70 bits per heavy atom. The van der Waals surface area contributed by atoms with Gasteiger partial charge in [0.15, 0.2) is 0 Å². The highest BCUT2D eigenvalue weighted by Gasteiger charge is 2.30. The van der Waals surface area contributed by atoms with E-state index in [1.807, 2.05) is 13.8 Å². The molecule has 6 N–H and O–H groups in total. The maximum absolute atomic E-state index is 12.5. The third-order valence-corrected chi connectivity index (χ3v) is 7.66. The molecular weight excluding hydrogens is 405 g/mol. The Morgan fingerprint density at radius 1 is 1.10 bits per heavy atom. The van der Waals surface area contributed by atoms with Crippen LogP contribution in [0, 0.1) is 17.8 Å². The largest absolute Gasteiger partial charge is 0.391 e. The number of nitrogens with one attached hydrogen (secondary N) is 2. The first-order chi connectivity index (χ1) is 13.9. The van der Waals surface area contributed by atoms with Gasteiger partial charge < -0.3 is 26.4 Å². The first-order valence-electron chi connectivity index (χ1n) is 11.2. The predicted molar refractivity (Wildman–Crippen MR) is 119 cm³/mol. The molecule has 8 nitrogen and oxygen atoms in total. The molecule has 1 aliphatic carbocycles. The summed E-state index contributed by atoms with van der Waals surface area (Å²) in [6, 6.07) is -1.48. The van der Waals surface area contributed by atoms with Crippen LogP contribution in [0.1, 0.15) is 66.2 Å². The van der Waals surface area contributed by atoms with E-state index < -0.39 is 31.5 Å². The van der Waals surface area contributed by atoms with E-state index in [2.05, 4.69) is 10.6 Å². The Morgan fingerprint density at radius 3 is 2.23 bits per heavy atom. The Kier molecular flexibility index (Phi) is 11.6. The fourth-order valence-electron chi connectivity index (χ4n) is 3.98. The number of aliphatic hydroxyl groups excluding tert-OH is 1. The number of rotatable bonds is 12. The average molecular weight is 448 g/mol. The minimum absolute atomic E-state index is 0.134. The lowest BCUT2D eigenvalue weighted by Crippen LogP contribution is -2.54. The van der Waals surface area contributed by atoms with Gasteiger partial charge >= 0.3 is 0 Å². The molecule has 0 heterocycles. The van der Waals surface area contributed by atoms with Crippen molar-refractivity contribution in [2.75, 3.05) is 18.9 Å². The number of hydrogen-bond donors (Lipinski definition) is 5. The molecule has 30 heavy (non-hydrogen) atoms. The van der Waals surface area contributed by atoms with Gasteiger partial charge in [-0.25, -0.2) is 0 Å². The molecule has 1 saturated carbocycles. The van der Waals surface area contributed by atoms with Gasteiger partial charge in [0.1, 0.15) is 6.04 Å². The number of amides is 2. The van der Waals surface area contributed by atoms with Crippen molar-refractivity contribution in [3.05, 3.63) is 0 Å². The normalized spacial score (nSPS) is 20.4. The van der Waals surface area contributed by atoms with Crippen molar-refractivity contribution >= 4 is 19.2 Å². The van der Waals surface area contributed by atoms with Crippen LogP contribution in [0.2, 0.25) is 0 Å². The van der Waals surface area contributed by atoms with Gasteiger partial charge in [0.05, 0.1) is 18.3 Å². The molecule has 1 aliphatic rings. The molecule has 0 aliphatic heterocycles. The Labute approximate surface area is 181 Å². The fourth-order valence-corrected chi connectivity index (χ4v) is 6.09. The van der Waals surface area contributed by atoms with Crippen LogP contribution in [0.25, 0.3) is 0 Å². The lowest BCUT2D eigenvalue weighted by atomic mass is 9.91. The standard InChI is InChI=1S/C21H42N3O5P/c1-14(2)10-18(22)20(26)24-19(15(3)4)21(27)23-11-17(25)13-30(28,29)12-16-8-6-5-7-9-16/h14-19,25H,5-13,22H2,1-4H3,(H,23,27)(H,24,26)(H,28,29)/t17-,18?,19+/m1/s1. The number of carbonyl (C=O) groups excluding carboxylic acids is 2. The van der Waals surface area contributed by atoms with Crippen LogP contribution in [0.5, 0.6) is 0 Å². The molecule has 2 amide bonds. The highest BCUT2D eigenvalue weighted by atomic mass is 31.2. The van der Waals surface area contributed by atoms with Crippen LogP contribution in [0.3, 0.4) is 0 Å². The number of aliphatic hydroxyl groups is 1. The van der Waals surface area contributed by atoms with Crippen molar-refractivity contribution in [1.82, 2.24) is 10.6 Å². The van der Waals surface area contributed by atoms with Crippen LogP contribution >= 0.6 is 7.37 Å². The van der Waals surface area contributed by atoms with Crippen molar-refractivity contribution in [3.8, 4) is 0 Å². The maximum Gasteiger partial charge on any atom is 0.242 e. The van der Waals surface area contributed by atoms with Crippen LogP contribution < -0.4 is 16.4 Å². The first-order valence-corrected chi connectivity index (χ1v) is 13.3. The highest BCUT2D eigenvalue weighted by Crippen LogP contribution is 2.45. The molecule has 0 bridgehead atoms. The van der Waals surface area contributed by atoms with E-state index >= 15 is 0 Å². The van der Waals surface area contributed by atoms with E-state index in [0.717, 1.165) is 25.7 Å². The van der Waals surface area contributed by atoms with Crippen LogP contribution in [-0.2, 0) is 14.2 Å². The van der Waals surface area contributed by atoms with E-state index in [9.17, 15) is 24.2 Å². The van der Waals surface area contributed by atoms with Crippen molar-refractivity contribution in [2.45, 2.75) is 84.4 Å². The van der Waals surface area contributed by atoms with Gasteiger partial charge in [-0.1, -0.05) is 47.0 Å². The van der Waals surface area contributed by atoms with Gasteiger partial charge in [0.25, 0.3) is 0 Å². The second kappa shape index (κ2) is 12.8. The molecule has 1 fully saturated rings. The van der Waals surface area contributed by atoms with E-state index in [1.54, 1.807) is 13.8 Å². The molecule has 0 spiro atoms. The van der Waals surface area contributed by atoms with Crippen molar-refractivity contribution in [3.63, 3.8) is 0 Å². The highest BCUT2D eigenvalue weighted by molar-refractivity contribution is 7.58. The summed E-state index contributed by atoms with van der Waals surface area (Å²) in [6.45, 7) is 7.41.